The molecule has 0 atom stereocenters. The molecule has 0 radical (unpaired) electrons. The van der Waals surface area contributed by atoms with Crippen LogP contribution in [0, 0.1) is 5.92 Å². The molecular formula is C9H16N2OS. The van der Waals surface area contributed by atoms with Crippen LogP contribution >= 0.6 is 12.2 Å². The normalized spacial score (nSPS) is 16.5. The molecule has 2 N–H and O–H groups in total. The summed E-state index contributed by atoms with van der Waals surface area (Å²) in [4.78, 5) is 11.3. The summed E-state index contributed by atoms with van der Waals surface area (Å²) >= 11 is 4.98. The van der Waals surface area contributed by atoms with Crippen molar-refractivity contribution in [2.75, 3.05) is 0 Å². The van der Waals surface area contributed by atoms with E-state index in [0.29, 0.717) is 5.11 Å². The van der Waals surface area contributed by atoms with E-state index in [1.165, 1.54) is 0 Å². The molecule has 13 heavy (non-hydrogen) atoms. The van der Waals surface area contributed by atoms with Crippen molar-refractivity contribution in [1.29, 1.82) is 0 Å². The highest BCUT2D eigenvalue weighted by molar-refractivity contribution is 7.80. The minimum absolute atomic E-state index is 0.0572. The second-order valence-electron chi connectivity index (χ2n) is 4.47. The van der Waals surface area contributed by atoms with Gasteiger partial charge in [0.2, 0.25) is 5.91 Å². The molecule has 0 aromatic rings. The summed E-state index contributed by atoms with van der Waals surface area (Å²) in [6.07, 6.45) is 2.01. The molecule has 0 heterocycles. The fourth-order valence-electron chi connectivity index (χ4n) is 0.931. The fraction of sp³-hybridized carbons (Fsp3) is 0.778. The lowest BCUT2D eigenvalue weighted by Crippen LogP contribution is -2.48. The van der Waals surface area contributed by atoms with Crippen molar-refractivity contribution in [1.82, 2.24) is 10.6 Å². The lowest BCUT2D eigenvalue weighted by atomic mass is 10.1. The van der Waals surface area contributed by atoms with Gasteiger partial charge in [0.15, 0.2) is 5.11 Å². The van der Waals surface area contributed by atoms with Crippen LogP contribution in [-0.4, -0.2) is 16.6 Å². The van der Waals surface area contributed by atoms with E-state index < -0.39 is 0 Å². The van der Waals surface area contributed by atoms with Crippen molar-refractivity contribution >= 4 is 23.2 Å². The summed E-state index contributed by atoms with van der Waals surface area (Å²) in [7, 11) is 0. The van der Waals surface area contributed by atoms with E-state index in [1.54, 1.807) is 0 Å². The summed E-state index contributed by atoms with van der Waals surface area (Å²) in [6.45, 7) is 6.01. The van der Waals surface area contributed by atoms with Crippen LogP contribution in [0.1, 0.15) is 33.6 Å². The molecule has 74 valence electrons. The molecule has 0 bridgehead atoms. The Morgan fingerprint density at radius 3 is 2.31 bits per heavy atom. The van der Waals surface area contributed by atoms with Gasteiger partial charge in [-0.15, -0.1) is 0 Å². The van der Waals surface area contributed by atoms with Crippen molar-refractivity contribution in [2.24, 2.45) is 5.92 Å². The quantitative estimate of drug-likeness (QED) is 0.625. The Morgan fingerprint density at radius 2 is 1.92 bits per heavy atom. The van der Waals surface area contributed by atoms with Gasteiger partial charge < -0.3 is 10.6 Å². The first-order valence-corrected chi connectivity index (χ1v) is 4.92. The van der Waals surface area contributed by atoms with Gasteiger partial charge in [-0.1, -0.05) is 0 Å². The van der Waals surface area contributed by atoms with Gasteiger partial charge in [0.1, 0.15) is 0 Å². The Balaban J connectivity index is 2.28. The third kappa shape index (κ3) is 4.22. The van der Waals surface area contributed by atoms with Crippen LogP contribution < -0.4 is 10.6 Å². The molecule has 1 aliphatic rings. The second kappa shape index (κ2) is 3.62. The molecule has 1 aliphatic carbocycles. The molecule has 4 heteroatoms. The highest BCUT2D eigenvalue weighted by Crippen LogP contribution is 2.28. The van der Waals surface area contributed by atoms with E-state index in [2.05, 4.69) is 10.6 Å². The van der Waals surface area contributed by atoms with E-state index in [4.69, 9.17) is 12.2 Å². The van der Waals surface area contributed by atoms with Crippen molar-refractivity contribution in [3.05, 3.63) is 0 Å². The molecule has 1 rings (SSSR count). The van der Waals surface area contributed by atoms with Crippen LogP contribution in [0.4, 0.5) is 0 Å². The largest absolute Gasteiger partial charge is 0.358 e. The lowest BCUT2D eigenvalue weighted by Gasteiger charge is -2.22. The standard InChI is InChI=1S/C9H16N2OS/c1-9(2,3)11-8(13)10-7(12)6-4-5-6/h6H,4-5H2,1-3H3,(H2,10,11,12,13). The minimum atomic E-state index is -0.0894. The van der Waals surface area contributed by atoms with Crippen LogP contribution in [0.2, 0.25) is 0 Å². The Hall–Kier alpha value is -0.640. The number of rotatable bonds is 1. The van der Waals surface area contributed by atoms with Crippen LogP contribution in [0.3, 0.4) is 0 Å². The van der Waals surface area contributed by atoms with Gasteiger partial charge in [-0.25, -0.2) is 0 Å². The van der Waals surface area contributed by atoms with Gasteiger partial charge in [0.25, 0.3) is 0 Å². The number of nitrogens with one attached hydrogen (secondary N) is 2. The van der Waals surface area contributed by atoms with E-state index in [-0.39, 0.29) is 17.4 Å². The average Bonchev–Trinajstić information content (AvgIpc) is 2.60. The number of hydrogen-bond donors (Lipinski definition) is 2. The molecule has 0 saturated heterocycles. The van der Waals surface area contributed by atoms with E-state index in [1.807, 2.05) is 20.8 Å². The molecule has 0 aromatic heterocycles. The highest BCUT2D eigenvalue weighted by Gasteiger charge is 2.30. The van der Waals surface area contributed by atoms with Crippen molar-refractivity contribution in [3.63, 3.8) is 0 Å². The highest BCUT2D eigenvalue weighted by atomic mass is 32.1. The Labute approximate surface area is 84.3 Å². The topological polar surface area (TPSA) is 41.1 Å². The number of carbonyl (C=O) groups excluding carboxylic acids is 1. The van der Waals surface area contributed by atoms with Crippen LogP contribution in [0.25, 0.3) is 0 Å². The summed E-state index contributed by atoms with van der Waals surface area (Å²) in [5.74, 6) is 0.265. The van der Waals surface area contributed by atoms with E-state index >= 15 is 0 Å². The molecule has 0 spiro atoms. The molecule has 0 aliphatic heterocycles. The van der Waals surface area contributed by atoms with Gasteiger partial charge >= 0.3 is 0 Å². The third-order valence-electron chi connectivity index (χ3n) is 1.67. The number of carbonyl (C=O) groups is 1. The molecule has 1 saturated carbocycles. The van der Waals surface area contributed by atoms with E-state index in [0.717, 1.165) is 12.8 Å². The van der Waals surface area contributed by atoms with Crippen molar-refractivity contribution in [3.8, 4) is 0 Å². The first-order valence-electron chi connectivity index (χ1n) is 4.51. The number of thiocarbonyl (C=S) groups is 1. The maximum absolute atomic E-state index is 11.3. The Kier molecular flexibility index (Phi) is 2.91. The number of hydrogen-bond acceptors (Lipinski definition) is 2. The average molecular weight is 200 g/mol. The molecular weight excluding hydrogens is 184 g/mol. The molecule has 0 unspecified atom stereocenters. The zero-order valence-electron chi connectivity index (χ0n) is 8.31. The lowest BCUT2D eigenvalue weighted by molar-refractivity contribution is -0.120. The first kappa shape index (κ1) is 10.4. The fourth-order valence-corrected chi connectivity index (χ4v) is 1.34. The Morgan fingerprint density at radius 1 is 1.38 bits per heavy atom. The first-order chi connectivity index (χ1) is 5.88. The van der Waals surface area contributed by atoms with Crippen molar-refractivity contribution in [2.45, 2.75) is 39.2 Å². The van der Waals surface area contributed by atoms with Crippen LogP contribution in [-0.2, 0) is 4.79 Å². The zero-order valence-corrected chi connectivity index (χ0v) is 9.12. The van der Waals surface area contributed by atoms with Gasteiger partial charge in [0.05, 0.1) is 0 Å². The maximum Gasteiger partial charge on any atom is 0.229 e. The molecule has 3 nitrogen and oxygen atoms in total. The minimum Gasteiger partial charge on any atom is -0.358 e. The van der Waals surface area contributed by atoms with E-state index in [9.17, 15) is 4.79 Å². The number of amides is 1. The summed E-state index contributed by atoms with van der Waals surface area (Å²) in [5, 5.41) is 6.15. The molecule has 1 fully saturated rings. The van der Waals surface area contributed by atoms with Gasteiger partial charge in [-0.2, -0.15) is 0 Å². The maximum atomic E-state index is 11.3. The SMILES string of the molecule is CC(C)(C)NC(=S)NC(=O)C1CC1. The van der Waals surface area contributed by atoms with Gasteiger partial charge in [-0.3, -0.25) is 4.79 Å². The summed E-state index contributed by atoms with van der Waals surface area (Å²) in [6, 6.07) is 0. The molecule has 0 aromatic carbocycles. The smallest absolute Gasteiger partial charge is 0.229 e. The van der Waals surface area contributed by atoms with Crippen LogP contribution in [0.15, 0.2) is 0 Å². The predicted octanol–water partition coefficient (Wildman–Crippen LogP) is 1.19. The summed E-state index contributed by atoms with van der Waals surface area (Å²) < 4.78 is 0. The van der Waals surface area contributed by atoms with Gasteiger partial charge in [-0.05, 0) is 45.8 Å². The Bertz CT molecular complexity index is 228. The second-order valence-corrected chi connectivity index (χ2v) is 4.88. The monoisotopic (exact) mass is 200 g/mol. The third-order valence-corrected chi connectivity index (χ3v) is 1.88. The zero-order chi connectivity index (χ0) is 10.1. The predicted molar refractivity (Wildman–Crippen MR) is 56.4 cm³/mol. The molecule has 1 amide bonds. The van der Waals surface area contributed by atoms with Crippen LogP contribution in [0.5, 0.6) is 0 Å². The van der Waals surface area contributed by atoms with Crippen molar-refractivity contribution < 1.29 is 4.79 Å². The van der Waals surface area contributed by atoms with Gasteiger partial charge in [0, 0.05) is 11.5 Å². The summed E-state index contributed by atoms with van der Waals surface area (Å²) in [5.41, 5.74) is -0.0894.